The molecule has 1 atom stereocenters. The summed E-state index contributed by atoms with van der Waals surface area (Å²) >= 11 is 0. The number of benzene rings is 2. The number of likely N-dealkylation sites (N-methyl/N-ethyl adjacent to an activating group) is 1. The normalized spacial score (nSPS) is 15.7. The lowest BCUT2D eigenvalue weighted by Crippen LogP contribution is -2.22. The Balaban J connectivity index is 1.80. The van der Waals surface area contributed by atoms with Gasteiger partial charge in [0.15, 0.2) is 0 Å². The number of carbonyl (C=O) groups excluding carboxylic acids is 1. The average Bonchev–Trinajstić information content (AvgIpc) is 2.87. The van der Waals surface area contributed by atoms with E-state index in [-0.39, 0.29) is 17.5 Å². The number of carbonyl (C=O) groups is 1. The van der Waals surface area contributed by atoms with Gasteiger partial charge in [0.1, 0.15) is 11.6 Å². The SMILES string of the molecule is CCC(=O)CC(Cn1c2c(c3cc(C)ccc31)CCN(C)CC2)c1ccc(F)cc1. The van der Waals surface area contributed by atoms with E-state index in [4.69, 9.17) is 0 Å². The summed E-state index contributed by atoms with van der Waals surface area (Å²) in [5.74, 6) is 0.0561. The predicted molar refractivity (Wildman–Crippen MR) is 121 cm³/mol. The molecule has 3 nitrogen and oxygen atoms in total. The van der Waals surface area contributed by atoms with Crippen LogP contribution >= 0.6 is 0 Å². The summed E-state index contributed by atoms with van der Waals surface area (Å²) in [4.78, 5) is 14.8. The van der Waals surface area contributed by atoms with Crippen LogP contribution in [0.25, 0.3) is 10.9 Å². The van der Waals surface area contributed by atoms with Gasteiger partial charge in [-0.05, 0) is 55.8 Å². The van der Waals surface area contributed by atoms with Crippen LogP contribution in [0.2, 0.25) is 0 Å². The van der Waals surface area contributed by atoms with Gasteiger partial charge in [-0.1, -0.05) is 30.7 Å². The Kier molecular flexibility index (Phi) is 6.05. The molecule has 0 N–H and O–H groups in total. The molecule has 3 aromatic rings. The summed E-state index contributed by atoms with van der Waals surface area (Å²) in [5.41, 5.74) is 6.42. The molecule has 0 amide bonds. The zero-order chi connectivity index (χ0) is 21.3. The zero-order valence-corrected chi connectivity index (χ0v) is 18.2. The minimum absolute atomic E-state index is 0.0417. The Hall–Kier alpha value is -2.46. The van der Waals surface area contributed by atoms with E-state index in [1.165, 1.54) is 39.9 Å². The van der Waals surface area contributed by atoms with Gasteiger partial charge < -0.3 is 9.47 Å². The highest BCUT2D eigenvalue weighted by Crippen LogP contribution is 2.33. The second-order valence-electron chi connectivity index (χ2n) is 8.70. The van der Waals surface area contributed by atoms with Gasteiger partial charge in [-0.3, -0.25) is 4.79 Å². The molecule has 1 unspecified atom stereocenters. The third-order valence-electron chi connectivity index (χ3n) is 6.53. The molecule has 158 valence electrons. The summed E-state index contributed by atoms with van der Waals surface area (Å²) in [6, 6.07) is 13.4. The smallest absolute Gasteiger partial charge is 0.133 e. The minimum atomic E-state index is -0.238. The van der Waals surface area contributed by atoms with Crippen LogP contribution < -0.4 is 0 Å². The Morgan fingerprint density at radius 2 is 1.83 bits per heavy atom. The van der Waals surface area contributed by atoms with E-state index in [0.717, 1.165) is 38.0 Å². The summed E-state index contributed by atoms with van der Waals surface area (Å²) in [5, 5.41) is 1.35. The molecule has 2 aromatic carbocycles. The van der Waals surface area contributed by atoms with Crippen LogP contribution in [-0.2, 0) is 24.2 Å². The number of halogens is 1. The standard InChI is InChI=1S/C26H31FN2O/c1-4-22(30)16-20(19-6-8-21(27)9-7-19)17-29-25-10-5-18(2)15-24(25)23-11-13-28(3)14-12-26(23)29/h5-10,15,20H,4,11-14,16-17H2,1-3H3. The van der Waals surface area contributed by atoms with Crippen molar-refractivity contribution in [1.29, 1.82) is 0 Å². The minimum Gasteiger partial charge on any atom is -0.344 e. The van der Waals surface area contributed by atoms with Crippen molar-refractivity contribution < 1.29 is 9.18 Å². The van der Waals surface area contributed by atoms with Gasteiger partial charge in [0, 0.05) is 61.4 Å². The lowest BCUT2D eigenvalue weighted by Gasteiger charge is -2.21. The maximum absolute atomic E-state index is 13.5. The molecule has 1 aliphatic rings. The van der Waals surface area contributed by atoms with E-state index in [1.807, 2.05) is 19.1 Å². The molecule has 30 heavy (non-hydrogen) atoms. The van der Waals surface area contributed by atoms with E-state index in [2.05, 4.69) is 41.6 Å². The molecule has 0 spiro atoms. The summed E-state index contributed by atoms with van der Waals surface area (Å²) in [6.45, 7) is 6.91. The van der Waals surface area contributed by atoms with E-state index in [9.17, 15) is 9.18 Å². The lowest BCUT2D eigenvalue weighted by molar-refractivity contribution is -0.119. The summed E-state index contributed by atoms with van der Waals surface area (Å²) < 4.78 is 16.0. The summed E-state index contributed by atoms with van der Waals surface area (Å²) in [6.07, 6.45) is 3.08. The molecule has 0 radical (unpaired) electrons. The zero-order valence-electron chi connectivity index (χ0n) is 18.2. The number of Topliss-reactive ketones (excluding diaryl/α,β-unsaturated/α-hetero) is 1. The molecule has 0 saturated heterocycles. The Morgan fingerprint density at radius 1 is 1.10 bits per heavy atom. The molecule has 1 aromatic heterocycles. The van der Waals surface area contributed by atoms with Gasteiger partial charge in [0.25, 0.3) is 0 Å². The molecule has 0 aliphatic carbocycles. The quantitative estimate of drug-likeness (QED) is 0.557. The third kappa shape index (κ3) is 4.20. The molecule has 4 rings (SSSR count). The summed E-state index contributed by atoms with van der Waals surface area (Å²) in [7, 11) is 2.19. The van der Waals surface area contributed by atoms with Crippen molar-refractivity contribution in [2.75, 3.05) is 20.1 Å². The Bertz CT molecular complexity index is 1050. The second kappa shape index (κ2) is 8.73. The first-order valence-corrected chi connectivity index (χ1v) is 11.0. The van der Waals surface area contributed by atoms with Gasteiger partial charge in [-0.15, -0.1) is 0 Å². The highest BCUT2D eigenvalue weighted by Gasteiger charge is 2.24. The first kappa shape index (κ1) is 20.8. The number of rotatable bonds is 6. The molecule has 2 heterocycles. The third-order valence-corrected chi connectivity index (χ3v) is 6.53. The first-order chi connectivity index (χ1) is 14.5. The maximum Gasteiger partial charge on any atom is 0.133 e. The van der Waals surface area contributed by atoms with Crippen LogP contribution in [0.1, 0.15) is 48.1 Å². The Labute approximate surface area is 178 Å². The van der Waals surface area contributed by atoms with Crippen LogP contribution in [-0.4, -0.2) is 35.4 Å². The topological polar surface area (TPSA) is 25.2 Å². The van der Waals surface area contributed by atoms with Crippen LogP contribution in [0, 0.1) is 12.7 Å². The molecular weight excluding hydrogens is 375 g/mol. The van der Waals surface area contributed by atoms with Gasteiger partial charge in [-0.2, -0.15) is 0 Å². The fourth-order valence-electron chi connectivity index (χ4n) is 4.74. The van der Waals surface area contributed by atoms with Crippen LogP contribution in [0.3, 0.4) is 0 Å². The van der Waals surface area contributed by atoms with Gasteiger partial charge in [0.2, 0.25) is 0 Å². The van der Waals surface area contributed by atoms with Crippen LogP contribution in [0.4, 0.5) is 4.39 Å². The molecule has 0 saturated carbocycles. The maximum atomic E-state index is 13.5. The number of hydrogen-bond acceptors (Lipinski definition) is 2. The van der Waals surface area contributed by atoms with E-state index >= 15 is 0 Å². The highest BCUT2D eigenvalue weighted by molar-refractivity contribution is 5.86. The average molecular weight is 407 g/mol. The number of nitrogens with zero attached hydrogens (tertiary/aromatic N) is 2. The number of aryl methyl sites for hydroxylation is 1. The molecule has 1 aliphatic heterocycles. The number of hydrogen-bond donors (Lipinski definition) is 0. The first-order valence-electron chi connectivity index (χ1n) is 11.0. The van der Waals surface area contributed by atoms with Crippen molar-refractivity contribution in [2.45, 2.75) is 52.0 Å². The van der Waals surface area contributed by atoms with E-state index in [1.54, 1.807) is 0 Å². The van der Waals surface area contributed by atoms with Crippen molar-refractivity contribution in [2.24, 2.45) is 0 Å². The number of fused-ring (bicyclic) bond motifs is 3. The van der Waals surface area contributed by atoms with E-state index < -0.39 is 0 Å². The second-order valence-corrected chi connectivity index (χ2v) is 8.70. The number of ketones is 1. The van der Waals surface area contributed by atoms with Crippen molar-refractivity contribution in [3.05, 3.63) is 70.7 Å². The Morgan fingerprint density at radius 3 is 2.57 bits per heavy atom. The lowest BCUT2D eigenvalue weighted by atomic mass is 9.92. The largest absolute Gasteiger partial charge is 0.344 e. The van der Waals surface area contributed by atoms with Crippen molar-refractivity contribution >= 4 is 16.7 Å². The highest BCUT2D eigenvalue weighted by atomic mass is 19.1. The van der Waals surface area contributed by atoms with Crippen LogP contribution in [0.5, 0.6) is 0 Å². The van der Waals surface area contributed by atoms with Crippen molar-refractivity contribution in [3.63, 3.8) is 0 Å². The fourth-order valence-corrected chi connectivity index (χ4v) is 4.74. The number of aromatic nitrogens is 1. The van der Waals surface area contributed by atoms with Crippen molar-refractivity contribution in [3.8, 4) is 0 Å². The van der Waals surface area contributed by atoms with Gasteiger partial charge in [0.05, 0.1) is 0 Å². The molecule has 0 bridgehead atoms. The molecular formula is C26H31FN2O. The van der Waals surface area contributed by atoms with Crippen LogP contribution in [0.15, 0.2) is 42.5 Å². The van der Waals surface area contributed by atoms with Crippen molar-refractivity contribution in [1.82, 2.24) is 9.47 Å². The van der Waals surface area contributed by atoms with Gasteiger partial charge >= 0.3 is 0 Å². The molecule has 4 heteroatoms. The predicted octanol–water partition coefficient (Wildman–Crippen LogP) is 5.27. The fraction of sp³-hybridized carbons (Fsp3) is 0.423. The van der Waals surface area contributed by atoms with E-state index in [0.29, 0.717) is 12.8 Å². The molecule has 0 fully saturated rings. The van der Waals surface area contributed by atoms with Gasteiger partial charge in [-0.25, -0.2) is 4.39 Å². The monoisotopic (exact) mass is 406 g/mol.